The fraction of sp³-hybridized carbons (Fsp3) is 0.636. The molecule has 18 heavy (non-hydrogen) atoms. The predicted molar refractivity (Wildman–Crippen MR) is 63.4 cm³/mol. The van der Waals surface area contributed by atoms with Gasteiger partial charge in [-0.3, -0.25) is 0 Å². The topological polar surface area (TPSA) is 107 Å². The molecule has 0 radical (unpaired) electrons. The molecule has 3 rings (SSSR count). The van der Waals surface area contributed by atoms with Gasteiger partial charge in [-0.1, -0.05) is 24.4 Å². The van der Waals surface area contributed by atoms with Crippen LogP contribution in [0.1, 0.15) is 38.0 Å². The summed E-state index contributed by atoms with van der Waals surface area (Å²) in [5.41, 5.74) is 6.75. The first-order valence-electron chi connectivity index (χ1n) is 6.23. The maximum absolute atomic E-state index is 6.36. The standard InChI is InChI=1S/C11H16N6O/c12-11(4-2-1-3-5-11)6-9-14-10(16-18-9)8-7-13-17-15-8/h7H,1-6,12H2,(H,13,15,17). The van der Waals surface area contributed by atoms with Crippen LogP contribution in [0, 0.1) is 0 Å². The Labute approximate surface area is 104 Å². The third-order valence-corrected chi connectivity index (χ3v) is 3.46. The summed E-state index contributed by atoms with van der Waals surface area (Å²) in [4.78, 5) is 4.31. The largest absolute Gasteiger partial charge is 0.339 e. The summed E-state index contributed by atoms with van der Waals surface area (Å²) in [6.45, 7) is 0. The van der Waals surface area contributed by atoms with Gasteiger partial charge in [-0.15, -0.1) is 0 Å². The van der Waals surface area contributed by atoms with E-state index < -0.39 is 0 Å². The van der Waals surface area contributed by atoms with Gasteiger partial charge in [-0.2, -0.15) is 20.4 Å². The first-order valence-corrected chi connectivity index (χ1v) is 6.23. The first kappa shape index (κ1) is 11.3. The molecular formula is C11H16N6O. The van der Waals surface area contributed by atoms with Gasteiger partial charge < -0.3 is 10.3 Å². The maximum atomic E-state index is 6.36. The Morgan fingerprint density at radius 1 is 1.33 bits per heavy atom. The van der Waals surface area contributed by atoms with Gasteiger partial charge in [0.15, 0.2) is 5.69 Å². The number of aromatic nitrogens is 5. The molecule has 0 spiro atoms. The van der Waals surface area contributed by atoms with Crippen LogP contribution in [0.2, 0.25) is 0 Å². The Kier molecular flexibility index (Phi) is 2.83. The van der Waals surface area contributed by atoms with Crippen LogP contribution < -0.4 is 5.73 Å². The average molecular weight is 248 g/mol. The van der Waals surface area contributed by atoms with Gasteiger partial charge in [0, 0.05) is 12.0 Å². The van der Waals surface area contributed by atoms with Gasteiger partial charge in [0.05, 0.1) is 6.20 Å². The third kappa shape index (κ3) is 2.26. The maximum Gasteiger partial charge on any atom is 0.228 e. The van der Waals surface area contributed by atoms with Crippen LogP contribution in [0.25, 0.3) is 11.5 Å². The summed E-state index contributed by atoms with van der Waals surface area (Å²) in [5.74, 6) is 1.04. The minimum atomic E-state index is -0.189. The molecule has 2 aromatic rings. The Balaban J connectivity index is 1.73. The smallest absolute Gasteiger partial charge is 0.228 e. The monoisotopic (exact) mass is 248 g/mol. The zero-order valence-corrected chi connectivity index (χ0v) is 10.1. The quantitative estimate of drug-likeness (QED) is 0.841. The summed E-state index contributed by atoms with van der Waals surface area (Å²) in [6.07, 6.45) is 7.88. The lowest BCUT2D eigenvalue weighted by atomic mass is 9.80. The van der Waals surface area contributed by atoms with Gasteiger partial charge in [0.25, 0.3) is 0 Å². The summed E-state index contributed by atoms with van der Waals surface area (Å²) < 4.78 is 5.23. The number of H-pyrrole nitrogens is 1. The summed E-state index contributed by atoms with van der Waals surface area (Å²) in [6, 6.07) is 0. The van der Waals surface area contributed by atoms with E-state index in [0.717, 1.165) is 12.8 Å². The Morgan fingerprint density at radius 2 is 2.17 bits per heavy atom. The highest BCUT2D eigenvalue weighted by Crippen LogP contribution is 2.29. The number of hydrogen-bond donors (Lipinski definition) is 2. The Morgan fingerprint density at radius 3 is 2.89 bits per heavy atom. The molecule has 7 heteroatoms. The summed E-state index contributed by atoms with van der Waals surface area (Å²) in [5, 5.41) is 14.0. The van der Waals surface area contributed by atoms with Crippen molar-refractivity contribution < 1.29 is 4.52 Å². The first-order chi connectivity index (χ1) is 8.75. The Hall–Kier alpha value is -1.76. The molecule has 0 amide bonds. The van der Waals surface area contributed by atoms with E-state index in [9.17, 15) is 0 Å². The van der Waals surface area contributed by atoms with E-state index in [2.05, 4.69) is 25.6 Å². The second-order valence-electron chi connectivity index (χ2n) is 4.97. The van der Waals surface area contributed by atoms with Crippen LogP contribution in [0.3, 0.4) is 0 Å². The van der Waals surface area contributed by atoms with E-state index in [1.807, 2.05) is 0 Å². The number of aromatic amines is 1. The zero-order valence-electron chi connectivity index (χ0n) is 10.1. The van der Waals surface area contributed by atoms with Crippen molar-refractivity contribution in [3.63, 3.8) is 0 Å². The fourth-order valence-electron chi connectivity index (χ4n) is 2.47. The van der Waals surface area contributed by atoms with Crippen LogP contribution in [0.4, 0.5) is 0 Å². The van der Waals surface area contributed by atoms with E-state index in [-0.39, 0.29) is 5.54 Å². The zero-order chi connectivity index (χ0) is 12.4. The minimum absolute atomic E-state index is 0.189. The van der Waals surface area contributed by atoms with Gasteiger partial charge in [0.2, 0.25) is 11.7 Å². The van der Waals surface area contributed by atoms with Gasteiger partial charge >= 0.3 is 0 Å². The second-order valence-corrected chi connectivity index (χ2v) is 4.97. The molecule has 0 atom stereocenters. The van der Waals surface area contributed by atoms with Gasteiger partial charge in [0.1, 0.15) is 0 Å². The van der Waals surface area contributed by atoms with E-state index >= 15 is 0 Å². The third-order valence-electron chi connectivity index (χ3n) is 3.46. The van der Waals surface area contributed by atoms with Crippen LogP contribution in [-0.2, 0) is 6.42 Å². The highest BCUT2D eigenvalue weighted by Gasteiger charge is 2.30. The molecule has 1 aliphatic carbocycles. The molecule has 0 bridgehead atoms. The minimum Gasteiger partial charge on any atom is -0.339 e. The van der Waals surface area contributed by atoms with Crippen molar-refractivity contribution in [2.45, 2.75) is 44.1 Å². The second kappa shape index (κ2) is 4.49. The van der Waals surface area contributed by atoms with Gasteiger partial charge in [-0.25, -0.2) is 0 Å². The van der Waals surface area contributed by atoms with Crippen LogP contribution in [-0.4, -0.2) is 31.1 Å². The van der Waals surface area contributed by atoms with E-state index in [1.54, 1.807) is 6.20 Å². The van der Waals surface area contributed by atoms with E-state index in [0.29, 0.717) is 23.8 Å². The van der Waals surface area contributed by atoms with Gasteiger partial charge in [-0.05, 0) is 12.8 Å². The highest BCUT2D eigenvalue weighted by molar-refractivity contribution is 5.44. The van der Waals surface area contributed by atoms with Crippen molar-refractivity contribution >= 4 is 0 Å². The molecule has 2 aromatic heterocycles. The van der Waals surface area contributed by atoms with Crippen molar-refractivity contribution in [2.24, 2.45) is 5.73 Å². The molecule has 1 fully saturated rings. The summed E-state index contributed by atoms with van der Waals surface area (Å²) >= 11 is 0. The molecule has 1 aliphatic rings. The van der Waals surface area contributed by atoms with Crippen molar-refractivity contribution in [3.8, 4) is 11.5 Å². The lowest BCUT2D eigenvalue weighted by Crippen LogP contribution is -2.43. The van der Waals surface area contributed by atoms with E-state index in [1.165, 1.54) is 19.3 Å². The number of nitrogens with two attached hydrogens (primary N) is 1. The molecule has 2 heterocycles. The summed E-state index contributed by atoms with van der Waals surface area (Å²) in [7, 11) is 0. The SMILES string of the molecule is NC1(Cc2nc(-c3cn[nH]n3)no2)CCCCC1. The lowest BCUT2D eigenvalue weighted by molar-refractivity contribution is 0.261. The van der Waals surface area contributed by atoms with Crippen molar-refractivity contribution in [1.29, 1.82) is 0 Å². The molecular weight excluding hydrogens is 232 g/mol. The van der Waals surface area contributed by atoms with Crippen molar-refractivity contribution in [1.82, 2.24) is 25.6 Å². The van der Waals surface area contributed by atoms with Crippen LogP contribution >= 0.6 is 0 Å². The molecule has 0 saturated heterocycles. The highest BCUT2D eigenvalue weighted by atomic mass is 16.5. The molecule has 1 saturated carbocycles. The lowest BCUT2D eigenvalue weighted by Gasteiger charge is -2.31. The molecule has 0 unspecified atom stereocenters. The fourth-order valence-corrected chi connectivity index (χ4v) is 2.47. The van der Waals surface area contributed by atoms with Crippen LogP contribution in [0.5, 0.6) is 0 Å². The van der Waals surface area contributed by atoms with Crippen molar-refractivity contribution in [2.75, 3.05) is 0 Å². The van der Waals surface area contributed by atoms with Crippen LogP contribution in [0.15, 0.2) is 10.7 Å². The molecule has 7 nitrogen and oxygen atoms in total. The Bertz CT molecular complexity index is 499. The number of nitrogens with one attached hydrogen (secondary N) is 1. The van der Waals surface area contributed by atoms with E-state index in [4.69, 9.17) is 10.3 Å². The number of nitrogens with zero attached hydrogens (tertiary/aromatic N) is 4. The molecule has 0 aliphatic heterocycles. The molecule has 96 valence electrons. The number of hydrogen-bond acceptors (Lipinski definition) is 6. The predicted octanol–water partition coefficient (Wildman–Crippen LogP) is 1.06. The number of rotatable bonds is 3. The van der Waals surface area contributed by atoms with Crippen molar-refractivity contribution in [3.05, 3.63) is 12.1 Å². The molecule has 3 N–H and O–H groups in total. The normalized spacial score (nSPS) is 18.9. The average Bonchev–Trinajstić information content (AvgIpc) is 2.99. The molecule has 0 aromatic carbocycles.